The third-order valence-electron chi connectivity index (χ3n) is 2.46. The summed E-state index contributed by atoms with van der Waals surface area (Å²) < 4.78 is 5.28. The van der Waals surface area contributed by atoms with Crippen LogP contribution in [0.1, 0.15) is 5.56 Å². The molecule has 0 aliphatic carbocycles. The minimum atomic E-state index is 0.435. The first-order valence-electron chi connectivity index (χ1n) is 4.78. The molecule has 2 nitrogen and oxygen atoms in total. The Balaban J connectivity index is 2.72. The number of hydrogen-bond donors (Lipinski definition) is 0. The van der Waals surface area contributed by atoms with E-state index in [1.54, 1.807) is 7.11 Å². The highest BCUT2D eigenvalue weighted by Gasteiger charge is 2.04. The van der Waals surface area contributed by atoms with Crippen LogP contribution in [-0.2, 0) is 6.42 Å². The Bertz CT molecular complexity index is 526. The molecule has 0 saturated carbocycles. The van der Waals surface area contributed by atoms with Crippen LogP contribution in [0.25, 0.3) is 10.8 Å². The fourth-order valence-electron chi connectivity index (χ4n) is 1.75. The Morgan fingerprint density at radius 1 is 1.13 bits per heavy atom. The lowest BCUT2D eigenvalue weighted by atomic mass is 10.0. The van der Waals surface area contributed by atoms with Gasteiger partial charge in [-0.2, -0.15) is 5.26 Å². The van der Waals surface area contributed by atoms with Gasteiger partial charge in [-0.15, -0.1) is 0 Å². The van der Waals surface area contributed by atoms with Crippen LogP contribution in [0.15, 0.2) is 36.4 Å². The number of benzene rings is 2. The maximum atomic E-state index is 8.72. The number of hydrogen-bond acceptors (Lipinski definition) is 2. The van der Waals surface area contributed by atoms with Crippen molar-refractivity contribution in [2.75, 3.05) is 7.11 Å². The average molecular weight is 197 g/mol. The molecule has 2 aromatic carbocycles. The first-order valence-corrected chi connectivity index (χ1v) is 4.78. The van der Waals surface area contributed by atoms with Crippen LogP contribution in [0.4, 0.5) is 0 Å². The molecule has 2 aromatic rings. The van der Waals surface area contributed by atoms with Gasteiger partial charge in [-0.1, -0.05) is 30.3 Å². The fraction of sp³-hybridized carbons (Fsp3) is 0.154. The molecule has 0 N–H and O–H groups in total. The fourth-order valence-corrected chi connectivity index (χ4v) is 1.75. The summed E-state index contributed by atoms with van der Waals surface area (Å²) in [5, 5.41) is 10.9. The van der Waals surface area contributed by atoms with Gasteiger partial charge in [-0.25, -0.2) is 0 Å². The molecule has 0 aromatic heterocycles. The topological polar surface area (TPSA) is 33.0 Å². The van der Waals surface area contributed by atoms with Gasteiger partial charge in [0.2, 0.25) is 0 Å². The van der Waals surface area contributed by atoms with Gasteiger partial charge in [0.05, 0.1) is 19.6 Å². The average Bonchev–Trinajstić information content (AvgIpc) is 2.30. The summed E-state index contributed by atoms with van der Waals surface area (Å²) in [4.78, 5) is 0. The van der Waals surface area contributed by atoms with E-state index in [-0.39, 0.29) is 0 Å². The molecule has 0 fully saturated rings. The molecule has 0 heterocycles. The molecule has 0 radical (unpaired) electrons. The Morgan fingerprint density at radius 2 is 1.87 bits per heavy atom. The van der Waals surface area contributed by atoms with Crippen molar-refractivity contribution < 1.29 is 4.74 Å². The van der Waals surface area contributed by atoms with E-state index in [1.165, 1.54) is 0 Å². The zero-order chi connectivity index (χ0) is 10.7. The highest BCUT2D eigenvalue weighted by molar-refractivity contribution is 5.91. The molecule has 0 unspecified atom stereocenters. The van der Waals surface area contributed by atoms with E-state index in [9.17, 15) is 0 Å². The quantitative estimate of drug-likeness (QED) is 0.741. The van der Waals surface area contributed by atoms with E-state index in [0.29, 0.717) is 6.42 Å². The maximum Gasteiger partial charge on any atom is 0.126 e. The Labute approximate surface area is 88.7 Å². The number of ether oxygens (including phenoxy) is 1. The van der Waals surface area contributed by atoms with Gasteiger partial charge >= 0.3 is 0 Å². The SMILES string of the molecule is COc1ccc(CC#N)c2ccccc12. The first kappa shape index (κ1) is 9.54. The molecular formula is C13H11NO. The normalized spacial score (nSPS) is 9.87. The van der Waals surface area contributed by atoms with Crippen LogP contribution in [0.3, 0.4) is 0 Å². The molecule has 2 rings (SSSR count). The molecule has 0 bridgehead atoms. The lowest BCUT2D eigenvalue weighted by Crippen LogP contribution is -1.89. The number of methoxy groups -OCH3 is 1. The van der Waals surface area contributed by atoms with E-state index >= 15 is 0 Å². The minimum absolute atomic E-state index is 0.435. The van der Waals surface area contributed by atoms with Crippen molar-refractivity contribution in [2.24, 2.45) is 0 Å². The largest absolute Gasteiger partial charge is 0.496 e. The van der Waals surface area contributed by atoms with Gasteiger partial charge in [-0.3, -0.25) is 0 Å². The van der Waals surface area contributed by atoms with Gasteiger partial charge in [0, 0.05) is 5.39 Å². The van der Waals surface area contributed by atoms with Crippen LogP contribution >= 0.6 is 0 Å². The number of nitrogens with zero attached hydrogens (tertiary/aromatic N) is 1. The van der Waals surface area contributed by atoms with E-state index in [0.717, 1.165) is 22.1 Å². The predicted octanol–water partition coefficient (Wildman–Crippen LogP) is 2.91. The number of fused-ring (bicyclic) bond motifs is 1. The first-order chi connectivity index (χ1) is 7.36. The Kier molecular flexibility index (Phi) is 2.55. The van der Waals surface area contributed by atoms with E-state index in [1.807, 2.05) is 36.4 Å². The smallest absolute Gasteiger partial charge is 0.126 e. The molecule has 0 aliphatic heterocycles. The third kappa shape index (κ3) is 1.64. The summed E-state index contributed by atoms with van der Waals surface area (Å²) in [5.41, 5.74) is 1.05. The molecular weight excluding hydrogens is 186 g/mol. The third-order valence-corrected chi connectivity index (χ3v) is 2.46. The second kappa shape index (κ2) is 4.02. The van der Waals surface area contributed by atoms with E-state index in [4.69, 9.17) is 10.00 Å². The van der Waals surface area contributed by atoms with E-state index in [2.05, 4.69) is 6.07 Å². The number of nitriles is 1. The standard InChI is InChI=1S/C13H11NO/c1-15-13-7-6-10(8-9-14)11-4-2-3-5-12(11)13/h2-7H,8H2,1H3. The van der Waals surface area contributed by atoms with Crippen LogP contribution in [0.5, 0.6) is 5.75 Å². The summed E-state index contributed by atoms with van der Waals surface area (Å²) in [6.45, 7) is 0. The Morgan fingerprint density at radius 3 is 2.53 bits per heavy atom. The summed E-state index contributed by atoms with van der Waals surface area (Å²) in [6, 6.07) is 14.0. The summed E-state index contributed by atoms with van der Waals surface area (Å²) in [6.07, 6.45) is 0.435. The summed E-state index contributed by atoms with van der Waals surface area (Å²) in [5.74, 6) is 0.854. The molecule has 2 heteroatoms. The molecule has 0 aliphatic rings. The zero-order valence-electron chi connectivity index (χ0n) is 8.53. The van der Waals surface area contributed by atoms with Crippen LogP contribution in [0.2, 0.25) is 0 Å². The van der Waals surface area contributed by atoms with Gasteiger partial charge in [0.15, 0.2) is 0 Å². The minimum Gasteiger partial charge on any atom is -0.496 e. The monoisotopic (exact) mass is 197 g/mol. The molecule has 0 spiro atoms. The van der Waals surface area contributed by atoms with Gasteiger partial charge in [0.1, 0.15) is 5.75 Å². The van der Waals surface area contributed by atoms with Crippen molar-refractivity contribution in [3.63, 3.8) is 0 Å². The van der Waals surface area contributed by atoms with Crippen molar-refractivity contribution in [3.05, 3.63) is 42.0 Å². The molecule has 0 saturated heterocycles. The summed E-state index contributed by atoms with van der Waals surface area (Å²) in [7, 11) is 1.66. The van der Waals surface area contributed by atoms with Gasteiger partial charge in [-0.05, 0) is 17.0 Å². The summed E-state index contributed by atoms with van der Waals surface area (Å²) >= 11 is 0. The van der Waals surface area contributed by atoms with Crippen molar-refractivity contribution in [3.8, 4) is 11.8 Å². The number of rotatable bonds is 2. The second-order valence-electron chi connectivity index (χ2n) is 3.31. The lowest BCUT2D eigenvalue weighted by molar-refractivity contribution is 0.419. The van der Waals surface area contributed by atoms with Gasteiger partial charge < -0.3 is 4.74 Å². The maximum absolute atomic E-state index is 8.72. The molecule has 74 valence electrons. The van der Waals surface area contributed by atoms with Crippen LogP contribution in [0, 0.1) is 11.3 Å². The highest BCUT2D eigenvalue weighted by Crippen LogP contribution is 2.28. The van der Waals surface area contributed by atoms with Crippen molar-refractivity contribution in [1.82, 2.24) is 0 Å². The van der Waals surface area contributed by atoms with E-state index < -0.39 is 0 Å². The highest BCUT2D eigenvalue weighted by atomic mass is 16.5. The van der Waals surface area contributed by atoms with Crippen molar-refractivity contribution >= 4 is 10.8 Å². The van der Waals surface area contributed by atoms with Crippen LogP contribution < -0.4 is 4.74 Å². The Hall–Kier alpha value is -2.01. The lowest BCUT2D eigenvalue weighted by Gasteiger charge is -2.07. The van der Waals surface area contributed by atoms with Crippen molar-refractivity contribution in [1.29, 1.82) is 5.26 Å². The van der Waals surface area contributed by atoms with Crippen LogP contribution in [-0.4, -0.2) is 7.11 Å². The zero-order valence-corrected chi connectivity index (χ0v) is 8.53. The van der Waals surface area contributed by atoms with Gasteiger partial charge in [0.25, 0.3) is 0 Å². The molecule has 15 heavy (non-hydrogen) atoms. The van der Waals surface area contributed by atoms with Crippen molar-refractivity contribution in [2.45, 2.75) is 6.42 Å². The molecule has 0 amide bonds. The molecule has 0 atom stereocenters. The second-order valence-corrected chi connectivity index (χ2v) is 3.31. The predicted molar refractivity (Wildman–Crippen MR) is 59.8 cm³/mol.